The van der Waals surface area contributed by atoms with Crippen LogP contribution in [0.5, 0.6) is 0 Å². The molecular weight excluding hydrogens is 380 g/mol. The topological polar surface area (TPSA) is 36.5 Å². The highest BCUT2D eigenvalue weighted by Crippen LogP contribution is 2.26. The van der Waals surface area contributed by atoms with E-state index in [0.717, 1.165) is 42.8 Å². The van der Waals surface area contributed by atoms with E-state index in [9.17, 15) is 5.11 Å². The Labute approximate surface area is 186 Å². The maximum Gasteiger partial charge on any atom is 0.213 e. The SMILES string of the molecule is C/C=C(/CCC)C(/C=C/c1c2ccccc2cc[n+]1CCCO)=C1C=CC=C/C1=N\C. The van der Waals surface area contributed by atoms with E-state index in [1.807, 2.05) is 13.1 Å². The highest BCUT2D eigenvalue weighted by molar-refractivity contribution is 6.12. The lowest BCUT2D eigenvalue weighted by Crippen LogP contribution is -2.37. The molecule has 0 saturated heterocycles. The first-order valence-corrected chi connectivity index (χ1v) is 11.1. The van der Waals surface area contributed by atoms with Gasteiger partial charge in [-0.1, -0.05) is 55.8 Å². The molecule has 0 saturated carbocycles. The number of aliphatic imine (C=N–C) groups is 1. The number of aromatic nitrogens is 1. The molecule has 31 heavy (non-hydrogen) atoms. The first-order chi connectivity index (χ1) is 15.2. The molecule has 160 valence electrons. The smallest absolute Gasteiger partial charge is 0.213 e. The Kier molecular flexibility index (Phi) is 8.31. The van der Waals surface area contributed by atoms with Crippen molar-refractivity contribution in [1.29, 1.82) is 0 Å². The third kappa shape index (κ3) is 5.36. The molecule has 0 unspecified atom stereocenters. The molecule has 0 aliphatic heterocycles. The second-order valence-electron chi connectivity index (χ2n) is 7.61. The number of nitrogens with zero attached hydrogens (tertiary/aromatic N) is 2. The fourth-order valence-electron chi connectivity index (χ4n) is 4.03. The van der Waals surface area contributed by atoms with E-state index >= 15 is 0 Å². The number of hydrogen-bond donors (Lipinski definition) is 1. The quantitative estimate of drug-likeness (QED) is 0.549. The average molecular weight is 414 g/mol. The van der Waals surface area contributed by atoms with Gasteiger partial charge in [0, 0.05) is 37.8 Å². The van der Waals surface area contributed by atoms with E-state index in [0.29, 0.717) is 0 Å². The van der Waals surface area contributed by atoms with Crippen LogP contribution < -0.4 is 4.57 Å². The predicted octanol–water partition coefficient (Wildman–Crippen LogP) is 5.76. The highest BCUT2D eigenvalue weighted by atomic mass is 16.3. The van der Waals surface area contributed by atoms with E-state index < -0.39 is 0 Å². The summed E-state index contributed by atoms with van der Waals surface area (Å²) in [6.07, 6.45) is 20.0. The monoisotopic (exact) mass is 413 g/mol. The molecule has 0 spiro atoms. The average Bonchev–Trinajstić information content (AvgIpc) is 2.82. The van der Waals surface area contributed by atoms with Crippen LogP contribution in [-0.2, 0) is 6.54 Å². The minimum atomic E-state index is 0.185. The Morgan fingerprint density at radius 2 is 1.94 bits per heavy atom. The third-order valence-electron chi connectivity index (χ3n) is 5.59. The fraction of sp³-hybridized carbons (Fsp3) is 0.286. The number of aliphatic hydroxyl groups is 1. The van der Waals surface area contributed by atoms with Crippen LogP contribution in [0.3, 0.4) is 0 Å². The number of benzene rings is 1. The van der Waals surface area contributed by atoms with Gasteiger partial charge < -0.3 is 5.11 Å². The molecule has 3 nitrogen and oxygen atoms in total. The summed E-state index contributed by atoms with van der Waals surface area (Å²) in [5.74, 6) is 0. The normalized spacial score (nSPS) is 17.3. The van der Waals surface area contributed by atoms with Crippen LogP contribution in [0.4, 0.5) is 0 Å². The standard InChI is InChI=1S/C28H33N2O/c1-4-11-22(5-2)24(26-14-8-9-15-27(26)29-3)16-17-28-25-13-7-6-12-23(25)18-20-30(28)19-10-21-31/h5-9,12-18,20,31H,4,10-11,19,21H2,1-3H3/q+1/b17-16+,22-5-,26-24?,29-27+. The zero-order valence-electron chi connectivity index (χ0n) is 18.9. The van der Waals surface area contributed by atoms with Crippen LogP contribution in [0.1, 0.15) is 38.8 Å². The molecule has 1 aromatic carbocycles. The summed E-state index contributed by atoms with van der Waals surface area (Å²) < 4.78 is 2.23. The first kappa shape index (κ1) is 22.6. The number of rotatable bonds is 8. The van der Waals surface area contributed by atoms with Crippen LogP contribution in [-0.4, -0.2) is 24.5 Å². The molecule has 3 rings (SSSR count). The molecule has 1 aliphatic rings. The molecule has 0 radical (unpaired) electrons. The minimum absolute atomic E-state index is 0.185. The summed E-state index contributed by atoms with van der Waals surface area (Å²) in [5, 5.41) is 11.8. The van der Waals surface area contributed by atoms with Crippen molar-refractivity contribution in [3.63, 3.8) is 0 Å². The van der Waals surface area contributed by atoms with Gasteiger partial charge in [-0.2, -0.15) is 4.57 Å². The molecule has 1 N–H and O–H groups in total. The second kappa shape index (κ2) is 11.4. The van der Waals surface area contributed by atoms with Gasteiger partial charge in [-0.25, -0.2) is 0 Å². The van der Waals surface area contributed by atoms with Crippen LogP contribution in [0, 0.1) is 0 Å². The molecule has 0 bridgehead atoms. The Morgan fingerprint density at radius 3 is 2.68 bits per heavy atom. The van der Waals surface area contributed by atoms with E-state index in [1.54, 1.807) is 0 Å². The van der Waals surface area contributed by atoms with Gasteiger partial charge in [-0.05, 0) is 48.1 Å². The van der Waals surface area contributed by atoms with Crippen molar-refractivity contribution in [2.45, 2.75) is 39.7 Å². The number of allylic oxidation sites excluding steroid dienone is 9. The Hall–Kier alpha value is -3.04. The number of fused-ring (bicyclic) bond motifs is 1. The van der Waals surface area contributed by atoms with Crippen molar-refractivity contribution in [3.05, 3.63) is 95.4 Å². The minimum Gasteiger partial charge on any atom is -0.396 e. The molecular formula is C28H33N2O+. The molecule has 1 aliphatic carbocycles. The molecule has 0 amide bonds. The van der Waals surface area contributed by atoms with Gasteiger partial charge in [0.15, 0.2) is 12.7 Å². The number of aryl methyl sites for hydroxylation is 1. The summed E-state index contributed by atoms with van der Waals surface area (Å²) in [6, 6.07) is 10.6. The largest absolute Gasteiger partial charge is 0.396 e. The summed E-state index contributed by atoms with van der Waals surface area (Å²) in [6.45, 7) is 5.30. The van der Waals surface area contributed by atoms with Gasteiger partial charge >= 0.3 is 0 Å². The Morgan fingerprint density at radius 1 is 1.13 bits per heavy atom. The maximum atomic E-state index is 9.37. The van der Waals surface area contributed by atoms with E-state index in [1.165, 1.54) is 21.9 Å². The van der Waals surface area contributed by atoms with Gasteiger partial charge in [0.25, 0.3) is 0 Å². The lowest BCUT2D eigenvalue weighted by atomic mass is 9.91. The predicted molar refractivity (Wildman–Crippen MR) is 132 cm³/mol. The molecule has 0 atom stereocenters. The summed E-state index contributed by atoms with van der Waals surface area (Å²) in [5.41, 5.74) is 5.86. The molecule has 3 heteroatoms. The van der Waals surface area contributed by atoms with Crippen LogP contribution in [0.25, 0.3) is 16.8 Å². The van der Waals surface area contributed by atoms with Crippen molar-refractivity contribution in [2.24, 2.45) is 4.99 Å². The van der Waals surface area contributed by atoms with Crippen LogP contribution in [0.2, 0.25) is 0 Å². The van der Waals surface area contributed by atoms with Gasteiger partial charge in [-0.15, -0.1) is 0 Å². The first-order valence-electron chi connectivity index (χ1n) is 11.1. The van der Waals surface area contributed by atoms with Crippen molar-refractivity contribution in [2.75, 3.05) is 13.7 Å². The van der Waals surface area contributed by atoms with Gasteiger partial charge in [0.2, 0.25) is 5.69 Å². The summed E-state index contributed by atoms with van der Waals surface area (Å²) >= 11 is 0. The molecule has 1 heterocycles. The van der Waals surface area contributed by atoms with Crippen LogP contribution in [0.15, 0.2) is 94.7 Å². The van der Waals surface area contributed by atoms with Gasteiger partial charge in [-0.3, -0.25) is 4.99 Å². The number of hydrogen-bond acceptors (Lipinski definition) is 2. The zero-order valence-corrected chi connectivity index (χ0v) is 18.9. The molecule has 0 fully saturated rings. The molecule has 2 aromatic rings. The maximum absolute atomic E-state index is 9.37. The zero-order chi connectivity index (χ0) is 22.1. The summed E-state index contributed by atoms with van der Waals surface area (Å²) in [4.78, 5) is 4.52. The Bertz CT molecular complexity index is 1100. The number of pyridine rings is 1. The van der Waals surface area contributed by atoms with Crippen molar-refractivity contribution in [1.82, 2.24) is 0 Å². The van der Waals surface area contributed by atoms with E-state index in [-0.39, 0.29) is 6.61 Å². The Balaban J connectivity index is 2.18. The second-order valence-corrected chi connectivity index (χ2v) is 7.61. The fourth-order valence-corrected chi connectivity index (χ4v) is 4.03. The lowest BCUT2D eigenvalue weighted by molar-refractivity contribution is -0.697. The summed E-state index contributed by atoms with van der Waals surface area (Å²) in [7, 11) is 1.85. The highest BCUT2D eigenvalue weighted by Gasteiger charge is 2.15. The molecule has 1 aromatic heterocycles. The number of aliphatic hydroxyl groups excluding tert-OH is 1. The lowest BCUT2D eigenvalue weighted by Gasteiger charge is -2.15. The van der Waals surface area contributed by atoms with Crippen molar-refractivity contribution >= 4 is 22.6 Å². The van der Waals surface area contributed by atoms with E-state index in [4.69, 9.17) is 0 Å². The van der Waals surface area contributed by atoms with E-state index in [2.05, 4.69) is 96.4 Å². The third-order valence-corrected chi connectivity index (χ3v) is 5.59. The van der Waals surface area contributed by atoms with Gasteiger partial charge in [0.05, 0.1) is 11.1 Å². The van der Waals surface area contributed by atoms with Crippen molar-refractivity contribution in [3.8, 4) is 0 Å². The van der Waals surface area contributed by atoms with Crippen LogP contribution >= 0.6 is 0 Å². The van der Waals surface area contributed by atoms with Gasteiger partial charge in [0.1, 0.15) is 0 Å². The van der Waals surface area contributed by atoms with Crippen molar-refractivity contribution < 1.29 is 9.67 Å².